The first-order valence-electron chi connectivity index (χ1n) is 4.81. The predicted octanol–water partition coefficient (Wildman–Crippen LogP) is 2.14. The maximum atomic E-state index is 10.5. The molecule has 0 aromatic carbocycles. The van der Waals surface area contributed by atoms with E-state index in [2.05, 4.69) is 21.0 Å². The average molecular weight is 275 g/mol. The van der Waals surface area contributed by atoms with Crippen LogP contribution in [0, 0.1) is 12.8 Å². The summed E-state index contributed by atoms with van der Waals surface area (Å²) in [5, 5.41) is 12.9. The molecule has 1 rings (SSSR count). The minimum atomic E-state index is -0.752. The highest BCUT2D eigenvalue weighted by Crippen LogP contribution is 2.23. The molecule has 0 aliphatic heterocycles. The van der Waals surface area contributed by atoms with Crippen LogP contribution in [0.25, 0.3) is 0 Å². The van der Waals surface area contributed by atoms with E-state index in [-0.39, 0.29) is 12.3 Å². The van der Waals surface area contributed by atoms with Gasteiger partial charge in [0.05, 0.1) is 15.9 Å². The number of carboxylic acids is 1. The molecule has 1 atom stereocenters. The molecular formula is C10H15BrN2O2. The van der Waals surface area contributed by atoms with E-state index in [4.69, 9.17) is 5.11 Å². The smallest absolute Gasteiger partial charge is 0.303 e. The number of carbonyl (C=O) groups is 1. The van der Waals surface area contributed by atoms with E-state index < -0.39 is 5.97 Å². The third-order valence-corrected chi connectivity index (χ3v) is 3.36. The van der Waals surface area contributed by atoms with Crippen LogP contribution in [0.5, 0.6) is 0 Å². The topological polar surface area (TPSA) is 55.1 Å². The number of halogens is 1. The van der Waals surface area contributed by atoms with E-state index in [0.29, 0.717) is 0 Å². The molecule has 1 unspecified atom stereocenters. The second-order valence-electron chi connectivity index (χ2n) is 3.88. The molecule has 84 valence electrons. The summed E-state index contributed by atoms with van der Waals surface area (Å²) >= 11 is 3.46. The molecule has 15 heavy (non-hydrogen) atoms. The molecule has 1 aromatic heterocycles. The summed E-state index contributed by atoms with van der Waals surface area (Å²) < 4.78 is 2.79. The number of aryl methyl sites for hydroxylation is 2. The van der Waals surface area contributed by atoms with Gasteiger partial charge in [0.25, 0.3) is 0 Å². The Morgan fingerprint density at radius 1 is 1.67 bits per heavy atom. The van der Waals surface area contributed by atoms with Crippen LogP contribution in [0.1, 0.15) is 24.7 Å². The van der Waals surface area contributed by atoms with Crippen molar-refractivity contribution in [1.29, 1.82) is 0 Å². The third kappa shape index (κ3) is 3.06. The predicted molar refractivity (Wildman–Crippen MR) is 60.8 cm³/mol. The highest BCUT2D eigenvalue weighted by molar-refractivity contribution is 9.10. The lowest BCUT2D eigenvalue weighted by molar-refractivity contribution is -0.137. The Bertz CT molecular complexity index is 374. The van der Waals surface area contributed by atoms with Crippen molar-refractivity contribution in [3.63, 3.8) is 0 Å². The van der Waals surface area contributed by atoms with Gasteiger partial charge in [0.1, 0.15) is 0 Å². The van der Waals surface area contributed by atoms with Crippen LogP contribution in [0.3, 0.4) is 0 Å². The second-order valence-corrected chi connectivity index (χ2v) is 4.67. The van der Waals surface area contributed by atoms with Crippen LogP contribution in [-0.4, -0.2) is 20.9 Å². The van der Waals surface area contributed by atoms with Crippen LogP contribution < -0.4 is 0 Å². The summed E-state index contributed by atoms with van der Waals surface area (Å²) in [5.41, 5.74) is 2.00. The molecular weight excluding hydrogens is 260 g/mol. The first kappa shape index (κ1) is 12.2. The van der Waals surface area contributed by atoms with Gasteiger partial charge in [0, 0.05) is 13.5 Å². The number of aliphatic carboxylic acids is 1. The third-order valence-electron chi connectivity index (χ3n) is 2.33. The molecule has 1 aromatic rings. The molecule has 0 saturated carbocycles. The van der Waals surface area contributed by atoms with Gasteiger partial charge in [0.15, 0.2) is 0 Å². The SMILES string of the molecule is Cc1nn(C)c(CC(C)CC(=O)O)c1Br. The minimum absolute atomic E-state index is 0.119. The van der Waals surface area contributed by atoms with Gasteiger partial charge in [-0.1, -0.05) is 6.92 Å². The van der Waals surface area contributed by atoms with Crippen LogP contribution in [-0.2, 0) is 18.3 Å². The average Bonchev–Trinajstić information content (AvgIpc) is 2.31. The molecule has 0 aliphatic rings. The first-order valence-corrected chi connectivity index (χ1v) is 5.61. The fourth-order valence-corrected chi connectivity index (χ4v) is 2.10. The zero-order chi connectivity index (χ0) is 11.6. The van der Waals surface area contributed by atoms with Gasteiger partial charge in [-0.3, -0.25) is 9.48 Å². The molecule has 0 fully saturated rings. The minimum Gasteiger partial charge on any atom is -0.481 e. The number of nitrogens with zero attached hydrogens (tertiary/aromatic N) is 2. The molecule has 0 amide bonds. The summed E-state index contributed by atoms with van der Waals surface area (Å²) in [6.45, 7) is 3.86. The molecule has 0 spiro atoms. The van der Waals surface area contributed by atoms with Crippen LogP contribution in [0.2, 0.25) is 0 Å². The van der Waals surface area contributed by atoms with Gasteiger partial charge in [-0.2, -0.15) is 5.10 Å². The van der Waals surface area contributed by atoms with Crippen LogP contribution in [0.15, 0.2) is 4.47 Å². The Hall–Kier alpha value is -0.840. The lowest BCUT2D eigenvalue weighted by Crippen LogP contribution is -2.10. The van der Waals surface area contributed by atoms with Crippen molar-refractivity contribution in [2.24, 2.45) is 13.0 Å². The quantitative estimate of drug-likeness (QED) is 0.916. The number of aromatic nitrogens is 2. The fourth-order valence-electron chi connectivity index (χ4n) is 1.60. The summed E-state index contributed by atoms with van der Waals surface area (Å²) in [6, 6.07) is 0. The normalized spacial score (nSPS) is 12.8. The number of carboxylic acid groups (broad SMARTS) is 1. The van der Waals surface area contributed by atoms with Crippen molar-refractivity contribution in [3.8, 4) is 0 Å². The first-order chi connectivity index (χ1) is 6.91. The lowest BCUT2D eigenvalue weighted by Gasteiger charge is -2.09. The summed E-state index contributed by atoms with van der Waals surface area (Å²) in [7, 11) is 1.88. The van der Waals surface area contributed by atoms with Crippen LogP contribution in [0.4, 0.5) is 0 Å². The van der Waals surface area contributed by atoms with E-state index in [1.165, 1.54) is 0 Å². The van der Waals surface area contributed by atoms with E-state index in [9.17, 15) is 4.79 Å². The van der Waals surface area contributed by atoms with E-state index in [0.717, 1.165) is 22.3 Å². The standard InChI is InChI=1S/C10H15BrN2O2/c1-6(5-9(14)15)4-8-10(11)7(2)12-13(8)3/h6H,4-5H2,1-3H3,(H,14,15). The van der Waals surface area contributed by atoms with Crippen molar-refractivity contribution in [3.05, 3.63) is 15.9 Å². The zero-order valence-corrected chi connectivity index (χ0v) is 10.7. The highest BCUT2D eigenvalue weighted by Gasteiger charge is 2.15. The molecule has 0 radical (unpaired) electrons. The maximum Gasteiger partial charge on any atom is 0.303 e. The Morgan fingerprint density at radius 3 is 2.67 bits per heavy atom. The number of rotatable bonds is 4. The van der Waals surface area contributed by atoms with Crippen molar-refractivity contribution < 1.29 is 9.90 Å². The molecule has 0 saturated heterocycles. The molecule has 4 nitrogen and oxygen atoms in total. The molecule has 1 N–H and O–H groups in total. The van der Waals surface area contributed by atoms with Gasteiger partial charge in [-0.15, -0.1) is 0 Å². The van der Waals surface area contributed by atoms with Gasteiger partial charge in [0.2, 0.25) is 0 Å². The van der Waals surface area contributed by atoms with E-state index in [1.807, 2.05) is 20.9 Å². The Morgan fingerprint density at radius 2 is 2.27 bits per heavy atom. The monoisotopic (exact) mass is 274 g/mol. The van der Waals surface area contributed by atoms with Crippen molar-refractivity contribution in [1.82, 2.24) is 9.78 Å². The Labute approximate surface area is 97.4 Å². The van der Waals surface area contributed by atoms with E-state index in [1.54, 1.807) is 4.68 Å². The fraction of sp³-hybridized carbons (Fsp3) is 0.600. The van der Waals surface area contributed by atoms with Gasteiger partial charge < -0.3 is 5.11 Å². The van der Waals surface area contributed by atoms with Crippen molar-refractivity contribution >= 4 is 21.9 Å². The van der Waals surface area contributed by atoms with E-state index >= 15 is 0 Å². The van der Waals surface area contributed by atoms with Crippen molar-refractivity contribution in [2.75, 3.05) is 0 Å². The highest BCUT2D eigenvalue weighted by atomic mass is 79.9. The summed E-state index contributed by atoms with van der Waals surface area (Å²) in [5.74, 6) is -0.633. The summed E-state index contributed by atoms with van der Waals surface area (Å²) in [4.78, 5) is 10.5. The Balaban J connectivity index is 2.76. The lowest BCUT2D eigenvalue weighted by atomic mass is 10.0. The second kappa shape index (κ2) is 4.79. The largest absolute Gasteiger partial charge is 0.481 e. The zero-order valence-electron chi connectivity index (χ0n) is 9.12. The number of hydrogen-bond donors (Lipinski definition) is 1. The molecule has 5 heteroatoms. The van der Waals surface area contributed by atoms with Gasteiger partial charge in [-0.05, 0) is 35.2 Å². The Kier molecular flexibility index (Phi) is 3.90. The molecule has 1 heterocycles. The molecule has 0 aliphatic carbocycles. The van der Waals surface area contributed by atoms with Gasteiger partial charge in [-0.25, -0.2) is 0 Å². The number of hydrogen-bond acceptors (Lipinski definition) is 2. The molecule has 0 bridgehead atoms. The van der Waals surface area contributed by atoms with Crippen molar-refractivity contribution in [2.45, 2.75) is 26.7 Å². The van der Waals surface area contributed by atoms with Crippen LogP contribution >= 0.6 is 15.9 Å². The maximum absolute atomic E-state index is 10.5. The summed E-state index contributed by atoms with van der Waals surface area (Å²) in [6.07, 6.45) is 0.918. The van der Waals surface area contributed by atoms with Gasteiger partial charge >= 0.3 is 5.97 Å².